The number of rotatable bonds is 7. The van der Waals surface area contributed by atoms with E-state index in [1.807, 2.05) is 24.3 Å². The first-order chi connectivity index (χ1) is 10.2. The summed E-state index contributed by atoms with van der Waals surface area (Å²) < 4.78 is 5.10. The molecule has 0 spiro atoms. The maximum absolute atomic E-state index is 11.8. The van der Waals surface area contributed by atoms with Crippen molar-refractivity contribution in [3.05, 3.63) is 24.3 Å². The number of thioether (sulfide) groups is 1. The standard InChI is InChI=1S/C15H22N2O3S/c1-20-12-2-4-13(5-3-12)21-7-6-15(19)17-9-11-8-16-10-14(11)18/h2-5,11,14,16,18H,6-10H2,1H3,(H,17,19). The van der Waals surface area contributed by atoms with Crippen LogP contribution in [0.25, 0.3) is 0 Å². The zero-order chi connectivity index (χ0) is 15.1. The lowest BCUT2D eigenvalue weighted by molar-refractivity contribution is -0.120. The van der Waals surface area contributed by atoms with Crippen LogP contribution in [0.3, 0.4) is 0 Å². The van der Waals surface area contributed by atoms with E-state index in [9.17, 15) is 9.90 Å². The number of aliphatic hydroxyl groups excluding tert-OH is 1. The second-order valence-electron chi connectivity index (χ2n) is 5.06. The van der Waals surface area contributed by atoms with Gasteiger partial charge in [0.2, 0.25) is 5.91 Å². The first kappa shape index (κ1) is 16.1. The third kappa shape index (κ3) is 5.22. The van der Waals surface area contributed by atoms with Crippen molar-refractivity contribution in [3.8, 4) is 5.75 Å². The van der Waals surface area contributed by atoms with Gasteiger partial charge in [0.1, 0.15) is 5.75 Å². The molecule has 1 heterocycles. The number of methoxy groups -OCH3 is 1. The molecule has 1 aromatic rings. The molecule has 0 aliphatic carbocycles. The van der Waals surface area contributed by atoms with Crippen LogP contribution in [0, 0.1) is 5.92 Å². The Morgan fingerprint density at radius 3 is 2.81 bits per heavy atom. The Morgan fingerprint density at radius 1 is 1.43 bits per heavy atom. The van der Waals surface area contributed by atoms with E-state index >= 15 is 0 Å². The van der Waals surface area contributed by atoms with E-state index < -0.39 is 0 Å². The van der Waals surface area contributed by atoms with E-state index in [0.29, 0.717) is 19.5 Å². The molecule has 2 atom stereocenters. The minimum Gasteiger partial charge on any atom is -0.497 e. The number of ether oxygens (including phenoxy) is 1. The smallest absolute Gasteiger partial charge is 0.220 e. The molecule has 5 nitrogen and oxygen atoms in total. The van der Waals surface area contributed by atoms with Crippen LogP contribution >= 0.6 is 11.8 Å². The predicted molar refractivity (Wildman–Crippen MR) is 83.7 cm³/mol. The molecule has 1 aromatic carbocycles. The number of amides is 1. The number of β-amino-alcohol motifs (C(OH)–C–C–N with tert-alkyl or cyclic N) is 1. The molecular weight excluding hydrogens is 288 g/mol. The van der Waals surface area contributed by atoms with E-state index in [-0.39, 0.29) is 17.9 Å². The highest BCUT2D eigenvalue weighted by Crippen LogP contribution is 2.21. The molecule has 1 aliphatic heterocycles. The highest BCUT2D eigenvalue weighted by Gasteiger charge is 2.24. The maximum atomic E-state index is 11.8. The molecule has 2 unspecified atom stereocenters. The monoisotopic (exact) mass is 310 g/mol. The number of benzene rings is 1. The van der Waals surface area contributed by atoms with Gasteiger partial charge in [-0.15, -0.1) is 11.8 Å². The Bertz CT molecular complexity index is 453. The number of carbonyl (C=O) groups is 1. The minimum atomic E-state index is -0.348. The van der Waals surface area contributed by atoms with Gasteiger partial charge < -0.3 is 20.5 Å². The normalized spacial score (nSPS) is 21.2. The van der Waals surface area contributed by atoms with Gasteiger partial charge in [0, 0.05) is 42.6 Å². The van der Waals surface area contributed by atoms with Crippen LogP contribution in [-0.4, -0.2) is 49.6 Å². The van der Waals surface area contributed by atoms with Crippen molar-refractivity contribution in [2.24, 2.45) is 5.92 Å². The maximum Gasteiger partial charge on any atom is 0.220 e. The Morgan fingerprint density at radius 2 is 2.19 bits per heavy atom. The topological polar surface area (TPSA) is 70.6 Å². The van der Waals surface area contributed by atoms with Gasteiger partial charge in [-0.2, -0.15) is 0 Å². The highest BCUT2D eigenvalue weighted by molar-refractivity contribution is 7.99. The summed E-state index contributed by atoms with van der Waals surface area (Å²) in [5, 5.41) is 15.6. The van der Waals surface area contributed by atoms with Crippen molar-refractivity contribution in [2.75, 3.05) is 32.5 Å². The third-order valence-corrected chi connectivity index (χ3v) is 4.54. The Labute approximate surface area is 129 Å². The number of nitrogens with one attached hydrogen (secondary N) is 2. The molecule has 0 bridgehead atoms. The molecule has 1 aliphatic rings. The molecule has 1 amide bonds. The summed E-state index contributed by atoms with van der Waals surface area (Å²) in [5.74, 6) is 1.74. The number of carbonyl (C=O) groups excluding carboxylic acids is 1. The number of hydrogen-bond acceptors (Lipinski definition) is 5. The number of hydrogen-bond donors (Lipinski definition) is 3. The van der Waals surface area contributed by atoms with E-state index in [4.69, 9.17) is 4.74 Å². The van der Waals surface area contributed by atoms with Gasteiger partial charge in [0.25, 0.3) is 0 Å². The second kappa shape index (κ2) is 8.26. The summed E-state index contributed by atoms with van der Waals surface area (Å²) in [4.78, 5) is 12.9. The lowest BCUT2D eigenvalue weighted by Crippen LogP contribution is -2.34. The fourth-order valence-corrected chi connectivity index (χ4v) is 3.05. The van der Waals surface area contributed by atoms with Gasteiger partial charge in [0.15, 0.2) is 0 Å². The summed E-state index contributed by atoms with van der Waals surface area (Å²) in [6.45, 7) is 1.93. The summed E-state index contributed by atoms with van der Waals surface area (Å²) in [6.07, 6.45) is 0.131. The van der Waals surface area contributed by atoms with Crippen LogP contribution in [0.1, 0.15) is 6.42 Å². The van der Waals surface area contributed by atoms with Crippen molar-refractivity contribution in [3.63, 3.8) is 0 Å². The summed E-state index contributed by atoms with van der Waals surface area (Å²) in [6, 6.07) is 7.80. The molecule has 2 rings (SSSR count). The van der Waals surface area contributed by atoms with Crippen LogP contribution in [0.4, 0.5) is 0 Å². The van der Waals surface area contributed by atoms with Crippen molar-refractivity contribution >= 4 is 17.7 Å². The van der Waals surface area contributed by atoms with Crippen molar-refractivity contribution in [1.29, 1.82) is 0 Å². The fourth-order valence-electron chi connectivity index (χ4n) is 2.19. The first-order valence-electron chi connectivity index (χ1n) is 7.11. The highest BCUT2D eigenvalue weighted by atomic mass is 32.2. The Balaban J connectivity index is 1.62. The molecule has 21 heavy (non-hydrogen) atoms. The van der Waals surface area contributed by atoms with E-state index in [1.165, 1.54) is 0 Å². The molecule has 0 aromatic heterocycles. The third-order valence-electron chi connectivity index (χ3n) is 3.52. The second-order valence-corrected chi connectivity index (χ2v) is 6.23. The van der Waals surface area contributed by atoms with Gasteiger partial charge in [-0.05, 0) is 24.3 Å². The largest absolute Gasteiger partial charge is 0.497 e. The van der Waals surface area contributed by atoms with Crippen molar-refractivity contribution in [1.82, 2.24) is 10.6 Å². The zero-order valence-electron chi connectivity index (χ0n) is 12.2. The quantitative estimate of drug-likeness (QED) is 0.652. The van der Waals surface area contributed by atoms with E-state index in [1.54, 1.807) is 18.9 Å². The fraction of sp³-hybridized carbons (Fsp3) is 0.533. The van der Waals surface area contributed by atoms with Gasteiger partial charge in [-0.25, -0.2) is 0 Å². The lowest BCUT2D eigenvalue weighted by Gasteiger charge is -2.14. The predicted octanol–water partition coefficient (Wildman–Crippen LogP) is 0.874. The Hall–Kier alpha value is -1.24. The van der Waals surface area contributed by atoms with Crippen LogP contribution in [0.2, 0.25) is 0 Å². The van der Waals surface area contributed by atoms with Crippen LogP contribution < -0.4 is 15.4 Å². The van der Waals surface area contributed by atoms with Crippen LogP contribution in [-0.2, 0) is 4.79 Å². The summed E-state index contributed by atoms with van der Waals surface area (Å²) in [5.41, 5.74) is 0. The molecule has 116 valence electrons. The van der Waals surface area contributed by atoms with Crippen LogP contribution in [0.5, 0.6) is 5.75 Å². The number of aliphatic hydroxyl groups is 1. The minimum absolute atomic E-state index is 0.0371. The van der Waals surface area contributed by atoms with E-state index in [2.05, 4.69) is 10.6 Å². The summed E-state index contributed by atoms with van der Waals surface area (Å²) >= 11 is 1.65. The van der Waals surface area contributed by atoms with Crippen molar-refractivity contribution < 1.29 is 14.6 Å². The SMILES string of the molecule is COc1ccc(SCCC(=O)NCC2CNCC2O)cc1. The van der Waals surface area contributed by atoms with E-state index in [0.717, 1.165) is 22.9 Å². The molecule has 6 heteroatoms. The molecular formula is C15H22N2O3S. The molecule has 0 radical (unpaired) electrons. The molecule has 3 N–H and O–H groups in total. The molecule has 1 fully saturated rings. The average Bonchev–Trinajstić information content (AvgIpc) is 2.91. The van der Waals surface area contributed by atoms with Crippen molar-refractivity contribution in [2.45, 2.75) is 17.4 Å². The van der Waals surface area contributed by atoms with Gasteiger partial charge in [-0.3, -0.25) is 4.79 Å². The molecule has 0 saturated carbocycles. The zero-order valence-corrected chi connectivity index (χ0v) is 13.0. The summed E-state index contributed by atoms with van der Waals surface area (Å²) in [7, 11) is 1.64. The van der Waals surface area contributed by atoms with Crippen LogP contribution in [0.15, 0.2) is 29.2 Å². The van der Waals surface area contributed by atoms with Gasteiger partial charge >= 0.3 is 0 Å². The van der Waals surface area contributed by atoms with Gasteiger partial charge in [0.05, 0.1) is 13.2 Å². The molecule has 1 saturated heterocycles. The van der Waals surface area contributed by atoms with Gasteiger partial charge in [-0.1, -0.05) is 0 Å². The lowest BCUT2D eigenvalue weighted by atomic mass is 10.1. The Kier molecular flexibility index (Phi) is 6.35. The first-order valence-corrected chi connectivity index (χ1v) is 8.10. The average molecular weight is 310 g/mol.